The van der Waals surface area contributed by atoms with E-state index in [9.17, 15) is 5.11 Å². The smallest absolute Gasteiger partial charge is 0.123 e. The Kier molecular flexibility index (Phi) is 7.08. The summed E-state index contributed by atoms with van der Waals surface area (Å²) in [6.07, 6.45) is 8.35. The molecule has 30 heavy (non-hydrogen) atoms. The predicted molar refractivity (Wildman–Crippen MR) is 122 cm³/mol. The van der Waals surface area contributed by atoms with Gasteiger partial charge < -0.3 is 20.1 Å². The third-order valence-corrected chi connectivity index (χ3v) is 6.79. The Labute approximate surface area is 181 Å². The monoisotopic (exact) mass is 408 g/mol. The van der Waals surface area contributed by atoms with Gasteiger partial charge in [-0.1, -0.05) is 67.8 Å². The van der Waals surface area contributed by atoms with Crippen LogP contribution in [0.3, 0.4) is 0 Å². The number of para-hydroxylation sites is 1. The van der Waals surface area contributed by atoms with Gasteiger partial charge in [0.05, 0.1) is 0 Å². The Balaban J connectivity index is 1.29. The fraction of sp³-hybridized carbons (Fsp3) is 0.538. The van der Waals surface area contributed by atoms with Gasteiger partial charge in [0.1, 0.15) is 18.5 Å². The van der Waals surface area contributed by atoms with Gasteiger partial charge in [-0.2, -0.15) is 0 Å². The molecule has 0 unspecified atom stereocenters. The average molecular weight is 409 g/mol. The molecule has 1 atom stereocenters. The van der Waals surface area contributed by atoms with Crippen LogP contribution in [0.4, 0.5) is 0 Å². The van der Waals surface area contributed by atoms with Crippen molar-refractivity contribution in [1.29, 1.82) is 0 Å². The molecule has 4 heteroatoms. The van der Waals surface area contributed by atoms with E-state index in [4.69, 9.17) is 4.74 Å². The summed E-state index contributed by atoms with van der Waals surface area (Å²) >= 11 is 0. The molecule has 0 radical (unpaired) electrons. The van der Waals surface area contributed by atoms with Crippen LogP contribution in [-0.4, -0.2) is 42.4 Å². The summed E-state index contributed by atoms with van der Waals surface area (Å²) in [6.45, 7) is 1.77. The maximum Gasteiger partial charge on any atom is 0.123 e. The van der Waals surface area contributed by atoms with E-state index in [0.717, 1.165) is 17.9 Å². The van der Waals surface area contributed by atoms with Crippen molar-refractivity contribution in [2.24, 2.45) is 0 Å². The first kappa shape index (κ1) is 21.4. The summed E-state index contributed by atoms with van der Waals surface area (Å²) in [6, 6.07) is 19.5. The first-order valence-corrected chi connectivity index (χ1v) is 11.6. The third-order valence-electron chi connectivity index (χ3n) is 6.79. The van der Waals surface area contributed by atoms with Crippen molar-refractivity contribution in [2.75, 3.05) is 20.2 Å². The SMILES string of the molecule is CN(C[C@@H](O)COc1ccccc1CNC1(c2ccccc2)CC1)C1CCCCC1. The van der Waals surface area contributed by atoms with E-state index in [0.29, 0.717) is 19.2 Å². The number of likely N-dealkylation sites (N-methyl/N-ethyl adjacent to an activating group) is 1. The standard InChI is InChI=1S/C26H36N2O2/c1-28(23-13-6-3-7-14-23)19-24(29)20-30-25-15-9-8-10-21(25)18-27-26(16-17-26)22-11-4-2-5-12-22/h2,4-5,8-12,15,23-24,27,29H,3,6-7,13-14,16-20H2,1H3/t24-/m1/s1. The summed E-state index contributed by atoms with van der Waals surface area (Å²) in [5.74, 6) is 0.869. The summed E-state index contributed by atoms with van der Waals surface area (Å²) in [7, 11) is 2.13. The van der Waals surface area contributed by atoms with Crippen LogP contribution in [-0.2, 0) is 12.1 Å². The zero-order valence-corrected chi connectivity index (χ0v) is 18.2. The molecule has 2 saturated carbocycles. The number of hydrogen-bond acceptors (Lipinski definition) is 4. The number of aliphatic hydroxyl groups excluding tert-OH is 1. The van der Waals surface area contributed by atoms with Crippen molar-refractivity contribution in [3.8, 4) is 5.75 Å². The first-order chi connectivity index (χ1) is 14.7. The van der Waals surface area contributed by atoms with E-state index >= 15 is 0 Å². The van der Waals surface area contributed by atoms with Crippen LogP contribution < -0.4 is 10.1 Å². The second-order valence-electron chi connectivity index (χ2n) is 9.11. The van der Waals surface area contributed by atoms with Gasteiger partial charge in [-0.05, 0) is 44.4 Å². The quantitative estimate of drug-likeness (QED) is 0.609. The number of ether oxygens (including phenoxy) is 1. The van der Waals surface area contributed by atoms with Gasteiger partial charge in [-0.3, -0.25) is 0 Å². The molecule has 4 rings (SSSR count). The molecule has 0 aromatic heterocycles. The molecular weight excluding hydrogens is 372 g/mol. The molecule has 2 aliphatic rings. The summed E-state index contributed by atoms with van der Waals surface area (Å²) < 4.78 is 6.06. The molecular formula is C26H36N2O2. The Morgan fingerprint density at radius 2 is 1.73 bits per heavy atom. The van der Waals surface area contributed by atoms with Crippen LogP contribution in [0.15, 0.2) is 54.6 Å². The highest BCUT2D eigenvalue weighted by Crippen LogP contribution is 2.45. The van der Waals surface area contributed by atoms with Crippen LogP contribution in [0, 0.1) is 0 Å². The average Bonchev–Trinajstić information content (AvgIpc) is 3.59. The van der Waals surface area contributed by atoms with Gasteiger partial charge in [-0.25, -0.2) is 0 Å². The fourth-order valence-electron chi connectivity index (χ4n) is 4.75. The summed E-state index contributed by atoms with van der Waals surface area (Å²) in [4.78, 5) is 2.32. The Hall–Kier alpha value is -1.88. The topological polar surface area (TPSA) is 44.7 Å². The highest BCUT2D eigenvalue weighted by atomic mass is 16.5. The van der Waals surface area contributed by atoms with E-state index < -0.39 is 6.10 Å². The number of benzene rings is 2. The second-order valence-corrected chi connectivity index (χ2v) is 9.11. The van der Waals surface area contributed by atoms with Crippen molar-refractivity contribution < 1.29 is 9.84 Å². The summed E-state index contributed by atoms with van der Waals surface area (Å²) in [5.41, 5.74) is 2.62. The Morgan fingerprint density at radius 1 is 1.03 bits per heavy atom. The van der Waals surface area contributed by atoms with E-state index in [2.05, 4.69) is 59.7 Å². The predicted octanol–water partition coefficient (Wildman–Crippen LogP) is 4.47. The van der Waals surface area contributed by atoms with Crippen LogP contribution in [0.1, 0.15) is 56.1 Å². The normalized spacial score (nSPS) is 19.6. The van der Waals surface area contributed by atoms with E-state index in [1.807, 2.05) is 12.1 Å². The molecule has 4 nitrogen and oxygen atoms in total. The lowest BCUT2D eigenvalue weighted by atomic mass is 9.94. The molecule has 0 spiro atoms. The zero-order valence-electron chi connectivity index (χ0n) is 18.2. The van der Waals surface area contributed by atoms with Gasteiger partial charge >= 0.3 is 0 Å². The molecule has 162 valence electrons. The van der Waals surface area contributed by atoms with Crippen molar-refractivity contribution in [3.05, 3.63) is 65.7 Å². The molecule has 2 N–H and O–H groups in total. The lowest BCUT2D eigenvalue weighted by Gasteiger charge is -2.32. The van der Waals surface area contributed by atoms with Gasteiger partial charge in [0.15, 0.2) is 0 Å². The maximum absolute atomic E-state index is 10.5. The minimum atomic E-state index is -0.475. The minimum Gasteiger partial charge on any atom is -0.491 e. The number of nitrogens with zero attached hydrogens (tertiary/aromatic N) is 1. The molecule has 2 aromatic rings. The van der Waals surface area contributed by atoms with Crippen molar-refractivity contribution in [2.45, 2.75) is 69.2 Å². The molecule has 0 saturated heterocycles. The molecule has 2 fully saturated rings. The largest absolute Gasteiger partial charge is 0.491 e. The third kappa shape index (κ3) is 5.42. The van der Waals surface area contributed by atoms with Crippen molar-refractivity contribution >= 4 is 0 Å². The lowest BCUT2D eigenvalue weighted by molar-refractivity contribution is 0.0558. The number of rotatable bonds is 10. The Morgan fingerprint density at radius 3 is 2.47 bits per heavy atom. The highest BCUT2D eigenvalue weighted by Gasteiger charge is 2.43. The molecule has 0 heterocycles. The molecule has 0 bridgehead atoms. The van der Waals surface area contributed by atoms with Gasteiger partial charge in [0.2, 0.25) is 0 Å². The second kappa shape index (κ2) is 9.95. The fourth-order valence-corrected chi connectivity index (χ4v) is 4.75. The van der Waals surface area contributed by atoms with Gasteiger partial charge in [-0.15, -0.1) is 0 Å². The van der Waals surface area contributed by atoms with Crippen LogP contribution in [0.25, 0.3) is 0 Å². The highest BCUT2D eigenvalue weighted by molar-refractivity contribution is 5.35. The van der Waals surface area contributed by atoms with Gasteiger partial charge in [0.25, 0.3) is 0 Å². The van der Waals surface area contributed by atoms with Crippen molar-refractivity contribution in [3.63, 3.8) is 0 Å². The van der Waals surface area contributed by atoms with E-state index in [-0.39, 0.29) is 5.54 Å². The number of aliphatic hydroxyl groups is 1. The Bertz CT molecular complexity index is 785. The van der Waals surface area contributed by atoms with E-state index in [1.165, 1.54) is 50.5 Å². The zero-order chi connectivity index (χ0) is 20.8. The molecule has 2 aliphatic carbocycles. The molecule has 0 amide bonds. The van der Waals surface area contributed by atoms with E-state index in [1.54, 1.807) is 0 Å². The van der Waals surface area contributed by atoms with Crippen LogP contribution >= 0.6 is 0 Å². The molecule has 0 aliphatic heterocycles. The van der Waals surface area contributed by atoms with Crippen LogP contribution in [0.2, 0.25) is 0 Å². The van der Waals surface area contributed by atoms with Crippen LogP contribution in [0.5, 0.6) is 5.75 Å². The lowest BCUT2D eigenvalue weighted by Crippen LogP contribution is -2.40. The number of nitrogens with one attached hydrogen (secondary N) is 1. The minimum absolute atomic E-state index is 0.108. The summed E-state index contributed by atoms with van der Waals surface area (Å²) in [5, 5.41) is 14.3. The van der Waals surface area contributed by atoms with Gasteiger partial charge in [0, 0.05) is 30.2 Å². The van der Waals surface area contributed by atoms with Crippen molar-refractivity contribution in [1.82, 2.24) is 10.2 Å². The molecule has 2 aromatic carbocycles. The first-order valence-electron chi connectivity index (χ1n) is 11.6. The number of hydrogen-bond donors (Lipinski definition) is 2. The maximum atomic E-state index is 10.5.